The Morgan fingerprint density at radius 1 is 1.12 bits per heavy atom. The van der Waals surface area contributed by atoms with E-state index in [9.17, 15) is 8.78 Å². The summed E-state index contributed by atoms with van der Waals surface area (Å²) in [5.41, 5.74) is 0.401. The number of piperidine rings is 1. The zero-order chi connectivity index (χ0) is 17.8. The Balaban J connectivity index is 1.53. The van der Waals surface area contributed by atoms with Crippen molar-refractivity contribution < 1.29 is 18.3 Å². The Morgan fingerprint density at radius 3 is 2.44 bits per heavy atom. The summed E-state index contributed by atoms with van der Waals surface area (Å²) in [5, 5.41) is 0. The Bertz CT molecular complexity index is 571. The minimum Gasteiger partial charge on any atom is -0.494 e. The van der Waals surface area contributed by atoms with Crippen LogP contribution in [0.25, 0.3) is 0 Å². The van der Waals surface area contributed by atoms with Crippen molar-refractivity contribution in [3.63, 3.8) is 0 Å². The van der Waals surface area contributed by atoms with Crippen molar-refractivity contribution in [1.82, 2.24) is 9.80 Å². The van der Waals surface area contributed by atoms with Gasteiger partial charge in [-0.1, -0.05) is 6.07 Å². The maximum Gasteiger partial charge on any atom is 0.200 e. The molecular formula is C19H28F2N2O2. The molecule has 140 valence electrons. The summed E-state index contributed by atoms with van der Waals surface area (Å²) >= 11 is 0. The van der Waals surface area contributed by atoms with E-state index in [-0.39, 0.29) is 5.75 Å². The van der Waals surface area contributed by atoms with Crippen LogP contribution in [0.3, 0.4) is 0 Å². The van der Waals surface area contributed by atoms with Gasteiger partial charge in [-0.05, 0) is 44.8 Å². The van der Waals surface area contributed by atoms with Crippen molar-refractivity contribution in [2.45, 2.75) is 32.4 Å². The van der Waals surface area contributed by atoms with Crippen LogP contribution < -0.4 is 4.74 Å². The SMILES string of the molecule is COc1ccc(CN2CCC([C@@H](C)N3CCOCC3)CC2)c(F)c1F. The van der Waals surface area contributed by atoms with E-state index in [4.69, 9.17) is 9.47 Å². The van der Waals surface area contributed by atoms with Crippen LogP contribution in [0.1, 0.15) is 25.3 Å². The van der Waals surface area contributed by atoms with E-state index in [1.54, 1.807) is 6.07 Å². The lowest BCUT2D eigenvalue weighted by Gasteiger charge is -2.41. The predicted molar refractivity (Wildman–Crippen MR) is 92.8 cm³/mol. The largest absolute Gasteiger partial charge is 0.494 e. The number of likely N-dealkylation sites (tertiary alicyclic amines) is 1. The fraction of sp³-hybridized carbons (Fsp3) is 0.684. The number of halogens is 2. The zero-order valence-electron chi connectivity index (χ0n) is 15.1. The van der Waals surface area contributed by atoms with E-state index >= 15 is 0 Å². The molecule has 3 rings (SSSR count). The lowest BCUT2D eigenvalue weighted by atomic mass is 9.89. The molecule has 0 aliphatic carbocycles. The van der Waals surface area contributed by atoms with Crippen LogP contribution in [0.4, 0.5) is 8.78 Å². The second kappa shape index (κ2) is 8.43. The number of morpholine rings is 1. The highest BCUT2D eigenvalue weighted by Crippen LogP contribution is 2.27. The first-order valence-corrected chi connectivity index (χ1v) is 9.15. The van der Waals surface area contributed by atoms with E-state index in [2.05, 4.69) is 16.7 Å². The van der Waals surface area contributed by atoms with E-state index in [1.807, 2.05) is 0 Å². The molecule has 2 fully saturated rings. The van der Waals surface area contributed by atoms with E-state index in [1.165, 1.54) is 13.2 Å². The lowest BCUT2D eigenvalue weighted by Crippen LogP contribution is -2.48. The van der Waals surface area contributed by atoms with Gasteiger partial charge >= 0.3 is 0 Å². The van der Waals surface area contributed by atoms with Crippen molar-refractivity contribution in [3.05, 3.63) is 29.3 Å². The molecule has 4 nitrogen and oxygen atoms in total. The van der Waals surface area contributed by atoms with E-state index in [0.717, 1.165) is 52.2 Å². The van der Waals surface area contributed by atoms with Crippen LogP contribution >= 0.6 is 0 Å². The molecule has 1 aromatic rings. The van der Waals surface area contributed by atoms with Gasteiger partial charge in [0, 0.05) is 31.2 Å². The van der Waals surface area contributed by atoms with Gasteiger partial charge in [0.15, 0.2) is 11.6 Å². The maximum absolute atomic E-state index is 14.2. The summed E-state index contributed by atoms with van der Waals surface area (Å²) in [4.78, 5) is 4.73. The van der Waals surface area contributed by atoms with E-state index in [0.29, 0.717) is 24.1 Å². The monoisotopic (exact) mass is 354 g/mol. The Morgan fingerprint density at radius 2 is 1.80 bits per heavy atom. The Kier molecular flexibility index (Phi) is 6.25. The van der Waals surface area contributed by atoms with Gasteiger partial charge in [-0.15, -0.1) is 0 Å². The first-order chi connectivity index (χ1) is 12.1. The second-order valence-corrected chi connectivity index (χ2v) is 7.06. The molecule has 0 spiro atoms. The Labute approximate surface area is 148 Å². The number of hydrogen-bond donors (Lipinski definition) is 0. The standard InChI is InChI=1S/C19H28F2N2O2/c1-14(23-9-11-25-12-10-23)15-5-7-22(8-6-15)13-16-3-4-17(24-2)19(21)18(16)20/h3-4,14-15H,5-13H2,1-2H3/t14-/m1/s1. The molecule has 2 saturated heterocycles. The summed E-state index contributed by atoms with van der Waals surface area (Å²) in [6.07, 6.45) is 2.19. The summed E-state index contributed by atoms with van der Waals surface area (Å²) < 4.78 is 38.3. The Hall–Kier alpha value is -1.24. The van der Waals surface area contributed by atoms with Crippen molar-refractivity contribution in [2.75, 3.05) is 46.5 Å². The molecule has 0 aromatic heterocycles. The van der Waals surface area contributed by atoms with Gasteiger partial charge in [0.05, 0.1) is 20.3 Å². The minimum absolute atomic E-state index is 0.0423. The topological polar surface area (TPSA) is 24.9 Å². The average molecular weight is 354 g/mol. The summed E-state index contributed by atoms with van der Waals surface area (Å²) in [5.74, 6) is -1.06. The van der Waals surface area contributed by atoms with Crippen LogP contribution in [0.2, 0.25) is 0 Å². The van der Waals surface area contributed by atoms with Gasteiger partial charge < -0.3 is 9.47 Å². The highest BCUT2D eigenvalue weighted by molar-refractivity contribution is 5.31. The zero-order valence-corrected chi connectivity index (χ0v) is 15.1. The second-order valence-electron chi connectivity index (χ2n) is 7.06. The van der Waals surface area contributed by atoms with Gasteiger partial charge in [-0.3, -0.25) is 9.80 Å². The van der Waals surface area contributed by atoms with Gasteiger partial charge in [0.25, 0.3) is 0 Å². The van der Waals surface area contributed by atoms with Gasteiger partial charge in [-0.2, -0.15) is 4.39 Å². The number of benzene rings is 1. The van der Waals surface area contributed by atoms with Crippen LogP contribution in [-0.4, -0.2) is 62.3 Å². The number of hydrogen-bond acceptors (Lipinski definition) is 4. The summed E-state index contributed by atoms with van der Waals surface area (Å²) in [7, 11) is 1.35. The fourth-order valence-corrected chi connectivity index (χ4v) is 3.97. The van der Waals surface area contributed by atoms with Crippen LogP contribution in [0, 0.1) is 17.6 Å². The summed E-state index contributed by atoms with van der Waals surface area (Å²) in [6.45, 7) is 8.28. The van der Waals surface area contributed by atoms with Crippen LogP contribution in [0.5, 0.6) is 5.75 Å². The highest BCUT2D eigenvalue weighted by atomic mass is 19.2. The molecule has 1 aromatic carbocycles. The number of methoxy groups -OCH3 is 1. The van der Waals surface area contributed by atoms with Crippen molar-refractivity contribution in [2.24, 2.45) is 5.92 Å². The molecule has 2 aliphatic heterocycles. The molecular weight excluding hydrogens is 326 g/mol. The molecule has 1 atom stereocenters. The molecule has 6 heteroatoms. The molecule has 0 N–H and O–H groups in total. The third-order valence-electron chi connectivity index (χ3n) is 5.68. The van der Waals surface area contributed by atoms with Crippen molar-refractivity contribution >= 4 is 0 Å². The number of rotatable bonds is 5. The molecule has 2 heterocycles. The first-order valence-electron chi connectivity index (χ1n) is 9.15. The quantitative estimate of drug-likeness (QED) is 0.812. The first kappa shape index (κ1) is 18.5. The summed E-state index contributed by atoms with van der Waals surface area (Å²) in [6, 6.07) is 3.68. The molecule has 0 radical (unpaired) electrons. The number of nitrogens with zero attached hydrogens (tertiary/aromatic N) is 2. The van der Waals surface area contributed by atoms with Gasteiger partial charge in [-0.25, -0.2) is 4.39 Å². The molecule has 2 aliphatic rings. The average Bonchev–Trinajstić information content (AvgIpc) is 2.66. The molecule has 0 unspecified atom stereocenters. The smallest absolute Gasteiger partial charge is 0.200 e. The fourth-order valence-electron chi connectivity index (χ4n) is 3.97. The van der Waals surface area contributed by atoms with Crippen molar-refractivity contribution in [3.8, 4) is 5.75 Å². The molecule has 0 saturated carbocycles. The molecule has 0 bridgehead atoms. The maximum atomic E-state index is 14.2. The van der Waals surface area contributed by atoms with Gasteiger partial charge in [0.1, 0.15) is 0 Å². The molecule has 25 heavy (non-hydrogen) atoms. The van der Waals surface area contributed by atoms with Crippen molar-refractivity contribution in [1.29, 1.82) is 0 Å². The third-order valence-corrected chi connectivity index (χ3v) is 5.68. The number of ether oxygens (including phenoxy) is 2. The van der Waals surface area contributed by atoms with Crippen LogP contribution in [-0.2, 0) is 11.3 Å². The van der Waals surface area contributed by atoms with E-state index < -0.39 is 11.6 Å². The minimum atomic E-state index is -0.893. The normalized spacial score (nSPS) is 22.1. The lowest BCUT2D eigenvalue weighted by molar-refractivity contribution is -0.00197. The molecule has 0 amide bonds. The van der Waals surface area contributed by atoms with Crippen LogP contribution in [0.15, 0.2) is 12.1 Å². The highest BCUT2D eigenvalue weighted by Gasteiger charge is 2.29. The predicted octanol–water partition coefficient (Wildman–Crippen LogP) is 2.91. The van der Waals surface area contributed by atoms with Gasteiger partial charge in [0.2, 0.25) is 5.82 Å². The third kappa shape index (κ3) is 4.30.